The van der Waals surface area contributed by atoms with E-state index in [9.17, 15) is 13.2 Å². The monoisotopic (exact) mass is 480 g/mol. The molecule has 2 aromatic carbocycles. The Kier molecular flexibility index (Phi) is 6.18. The Balaban J connectivity index is 1.63. The number of anilines is 1. The molecule has 0 aromatic heterocycles. The van der Waals surface area contributed by atoms with E-state index >= 15 is 0 Å². The number of aliphatic imine (C=N–C) groups is 1. The van der Waals surface area contributed by atoms with Crippen LogP contribution in [0.5, 0.6) is 11.5 Å². The van der Waals surface area contributed by atoms with Crippen molar-refractivity contribution < 1.29 is 22.7 Å². The smallest absolute Gasteiger partial charge is 0.252 e. The third-order valence-electron chi connectivity index (χ3n) is 5.21. The number of sulfone groups is 1. The van der Waals surface area contributed by atoms with Crippen LogP contribution in [0.1, 0.15) is 5.56 Å². The number of carbonyl (C=O) groups is 1. The van der Waals surface area contributed by atoms with E-state index in [1.165, 1.54) is 18.9 Å². The Morgan fingerprint density at radius 3 is 2.55 bits per heavy atom. The Bertz CT molecular complexity index is 1130. The molecule has 2 fully saturated rings. The molecule has 2 atom stereocenters. The number of hydrogen-bond donors (Lipinski definition) is 0. The van der Waals surface area contributed by atoms with Gasteiger partial charge >= 0.3 is 0 Å². The van der Waals surface area contributed by atoms with Crippen LogP contribution in [0.3, 0.4) is 0 Å². The molecule has 0 N–H and O–H groups in total. The van der Waals surface area contributed by atoms with E-state index in [-0.39, 0.29) is 35.1 Å². The summed E-state index contributed by atoms with van der Waals surface area (Å²) in [5.41, 5.74) is 1.50. The normalized spacial score (nSPS) is 23.1. The second-order valence-corrected chi connectivity index (χ2v) is 11.1. The predicted octanol–water partition coefficient (Wildman–Crippen LogP) is 3.20. The number of nitrogens with zero attached hydrogens (tertiary/aromatic N) is 2. The summed E-state index contributed by atoms with van der Waals surface area (Å²) in [6.07, 6.45) is 0.138. The van der Waals surface area contributed by atoms with Crippen molar-refractivity contribution in [2.24, 2.45) is 4.99 Å². The molecule has 4 rings (SSSR count). The molecule has 7 nitrogen and oxygen atoms in total. The van der Waals surface area contributed by atoms with Gasteiger partial charge in [0.05, 0.1) is 43.2 Å². The number of amides is 1. The average molecular weight is 481 g/mol. The van der Waals surface area contributed by atoms with Crippen molar-refractivity contribution >= 4 is 50.0 Å². The molecule has 31 heavy (non-hydrogen) atoms. The van der Waals surface area contributed by atoms with Gasteiger partial charge in [-0.2, -0.15) is 4.99 Å². The van der Waals surface area contributed by atoms with Gasteiger partial charge in [0.2, 0.25) is 0 Å². The van der Waals surface area contributed by atoms with Gasteiger partial charge in [-0.3, -0.25) is 4.79 Å². The first kappa shape index (κ1) is 22.0. The molecule has 0 aliphatic carbocycles. The summed E-state index contributed by atoms with van der Waals surface area (Å²) in [5, 5.41) is 0.710. The van der Waals surface area contributed by atoms with Gasteiger partial charge in [-0.1, -0.05) is 35.5 Å². The number of fused-ring (bicyclic) bond motifs is 1. The van der Waals surface area contributed by atoms with Crippen LogP contribution in [0.2, 0.25) is 5.02 Å². The van der Waals surface area contributed by atoms with Gasteiger partial charge in [-0.15, -0.1) is 0 Å². The van der Waals surface area contributed by atoms with E-state index in [4.69, 9.17) is 21.1 Å². The SMILES string of the molecule is COc1ccc(CC(=O)N=C2SC3CS(=O)(=O)CC3N2c2ccc(OC)c(Cl)c2)cc1. The average Bonchev–Trinajstić information content (AvgIpc) is 3.19. The van der Waals surface area contributed by atoms with Gasteiger partial charge in [0.1, 0.15) is 11.5 Å². The number of rotatable bonds is 5. The van der Waals surface area contributed by atoms with E-state index < -0.39 is 9.84 Å². The zero-order valence-corrected chi connectivity index (χ0v) is 19.3. The van der Waals surface area contributed by atoms with Crippen LogP contribution < -0.4 is 14.4 Å². The third-order valence-corrected chi connectivity index (χ3v) is 8.72. The highest BCUT2D eigenvalue weighted by Crippen LogP contribution is 2.42. The summed E-state index contributed by atoms with van der Waals surface area (Å²) in [4.78, 5) is 18.8. The lowest BCUT2D eigenvalue weighted by Crippen LogP contribution is -2.37. The largest absolute Gasteiger partial charge is 0.497 e. The van der Waals surface area contributed by atoms with Crippen LogP contribution in [0.4, 0.5) is 5.69 Å². The minimum Gasteiger partial charge on any atom is -0.497 e. The number of ether oxygens (including phenoxy) is 2. The molecule has 2 aliphatic heterocycles. The van der Waals surface area contributed by atoms with Gasteiger partial charge in [-0.05, 0) is 35.9 Å². The molecule has 0 bridgehead atoms. The van der Waals surface area contributed by atoms with Crippen molar-refractivity contribution in [1.29, 1.82) is 0 Å². The van der Waals surface area contributed by atoms with Crippen molar-refractivity contribution in [3.63, 3.8) is 0 Å². The topological polar surface area (TPSA) is 85.3 Å². The molecular formula is C21H21ClN2O5S2. The maximum absolute atomic E-state index is 12.7. The number of amidine groups is 1. The lowest BCUT2D eigenvalue weighted by Gasteiger charge is -2.25. The van der Waals surface area contributed by atoms with E-state index in [1.807, 2.05) is 17.0 Å². The molecule has 1 amide bonds. The minimum absolute atomic E-state index is 0.0139. The summed E-state index contributed by atoms with van der Waals surface area (Å²) in [6, 6.07) is 12.1. The first-order valence-electron chi connectivity index (χ1n) is 9.54. The molecule has 10 heteroatoms. The summed E-state index contributed by atoms with van der Waals surface area (Å²) in [5.74, 6) is 1.00. The number of thioether (sulfide) groups is 1. The van der Waals surface area contributed by atoms with Crippen LogP contribution in [-0.2, 0) is 21.1 Å². The number of halogens is 1. The Labute approximate surface area is 190 Å². The molecule has 2 unspecified atom stereocenters. The molecule has 2 aromatic rings. The summed E-state index contributed by atoms with van der Waals surface area (Å²) in [7, 11) is -0.0399. The summed E-state index contributed by atoms with van der Waals surface area (Å²) >= 11 is 7.63. The molecule has 0 spiro atoms. The first-order chi connectivity index (χ1) is 14.8. The fraction of sp³-hybridized carbons (Fsp3) is 0.333. The number of carbonyl (C=O) groups excluding carboxylic acids is 1. The molecular weight excluding hydrogens is 460 g/mol. The molecule has 2 heterocycles. The number of hydrogen-bond acceptors (Lipinski definition) is 6. The standard InChI is InChI=1S/C21H21ClN2O5S2/c1-28-15-6-3-13(4-7-15)9-20(25)23-21-24(14-5-8-18(29-2)16(22)10-14)17-11-31(26,27)12-19(17)30-21/h3-8,10,17,19H,9,11-12H2,1-2H3. The Morgan fingerprint density at radius 2 is 1.90 bits per heavy atom. The van der Waals surface area contributed by atoms with Crippen molar-refractivity contribution in [1.82, 2.24) is 0 Å². The Morgan fingerprint density at radius 1 is 1.16 bits per heavy atom. The second-order valence-electron chi connectivity index (χ2n) is 7.30. The number of methoxy groups -OCH3 is 2. The van der Waals surface area contributed by atoms with Crippen molar-refractivity contribution in [3.05, 3.63) is 53.1 Å². The van der Waals surface area contributed by atoms with E-state index in [1.54, 1.807) is 37.4 Å². The Hall–Kier alpha value is -2.23. The lowest BCUT2D eigenvalue weighted by atomic mass is 10.1. The zero-order chi connectivity index (χ0) is 22.2. The lowest BCUT2D eigenvalue weighted by molar-refractivity contribution is -0.117. The second kappa shape index (κ2) is 8.72. The van der Waals surface area contributed by atoms with Gasteiger partial charge < -0.3 is 14.4 Å². The zero-order valence-electron chi connectivity index (χ0n) is 16.9. The third kappa shape index (κ3) is 4.68. The predicted molar refractivity (Wildman–Crippen MR) is 123 cm³/mol. The highest BCUT2D eigenvalue weighted by molar-refractivity contribution is 8.16. The summed E-state index contributed by atoms with van der Waals surface area (Å²) in [6.45, 7) is 0. The number of benzene rings is 2. The fourth-order valence-electron chi connectivity index (χ4n) is 3.74. The van der Waals surface area contributed by atoms with E-state index in [0.29, 0.717) is 27.4 Å². The summed E-state index contributed by atoms with van der Waals surface area (Å²) < 4.78 is 34.8. The van der Waals surface area contributed by atoms with Crippen molar-refractivity contribution in [2.75, 3.05) is 30.6 Å². The molecule has 2 saturated heterocycles. The van der Waals surface area contributed by atoms with Gasteiger partial charge in [0.25, 0.3) is 5.91 Å². The van der Waals surface area contributed by atoms with E-state index in [2.05, 4.69) is 4.99 Å². The van der Waals surface area contributed by atoms with Crippen LogP contribution in [0.15, 0.2) is 47.5 Å². The van der Waals surface area contributed by atoms with Gasteiger partial charge in [-0.25, -0.2) is 8.42 Å². The highest BCUT2D eigenvalue weighted by atomic mass is 35.5. The molecule has 0 radical (unpaired) electrons. The fourth-order valence-corrected chi connectivity index (χ4v) is 7.92. The van der Waals surface area contributed by atoms with Crippen LogP contribution in [0, 0.1) is 0 Å². The van der Waals surface area contributed by atoms with Gasteiger partial charge in [0.15, 0.2) is 15.0 Å². The first-order valence-corrected chi connectivity index (χ1v) is 12.6. The maximum atomic E-state index is 12.7. The highest BCUT2D eigenvalue weighted by Gasteiger charge is 2.49. The van der Waals surface area contributed by atoms with Crippen LogP contribution in [0.25, 0.3) is 0 Å². The quantitative estimate of drug-likeness (QED) is 0.649. The van der Waals surface area contributed by atoms with Gasteiger partial charge in [0, 0.05) is 10.9 Å². The van der Waals surface area contributed by atoms with Crippen molar-refractivity contribution in [3.8, 4) is 11.5 Å². The molecule has 164 valence electrons. The van der Waals surface area contributed by atoms with Crippen molar-refractivity contribution in [2.45, 2.75) is 17.7 Å². The molecule has 2 aliphatic rings. The van der Waals surface area contributed by atoms with Crippen LogP contribution >= 0.6 is 23.4 Å². The molecule has 0 saturated carbocycles. The maximum Gasteiger partial charge on any atom is 0.252 e. The van der Waals surface area contributed by atoms with Crippen LogP contribution in [-0.4, -0.2) is 56.5 Å². The minimum atomic E-state index is -3.15. The van der Waals surface area contributed by atoms with E-state index in [0.717, 1.165) is 5.56 Å².